The van der Waals surface area contributed by atoms with Crippen molar-refractivity contribution in [3.05, 3.63) is 22.4 Å². The Labute approximate surface area is 113 Å². The van der Waals surface area contributed by atoms with Gasteiger partial charge in [-0.25, -0.2) is 13.1 Å². The maximum absolute atomic E-state index is 11.6. The molecule has 0 unspecified atom stereocenters. The fourth-order valence-corrected chi connectivity index (χ4v) is 3.12. The molecule has 1 aromatic heterocycles. The number of hydrogen-bond donors (Lipinski definition) is 2. The number of nitrogens with two attached hydrogens (primary N) is 1. The summed E-state index contributed by atoms with van der Waals surface area (Å²) in [5.41, 5.74) is 5.19. The third kappa shape index (κ3) is 7.72. The smallest absolute Gasteiger partial charge is 0.212 e. The van der Waals surface area contributed by atoms with Gasteiger partial charge in [0.25, 0.3) is 0 Å². The number of hydrogen-bond acceptors (Lipinski definition) is 4. The second-order valence-electron chi connectivity index (χ2n) is 4.46. The van der Waals surface area contributed by atoms with Gasteiger partial charge >= 0.3 is 0 Å². The van der Waals surface area contributed by atoms with Crippen LogP contribution in [-0.4, -0.2) is 26.3 Å². The van der Waals surface area contributed by atoms with E-state index in [4.69, 9.17) is 5.73 Å². The fraction of sp³-hybridized carbons (Fsp3) is 0.600. The van der Waals surface area contributed by atoms with E-state index in [-0.39, 0.29) is 24.7 Å². The Morgan fingerprint density at radius 3 is 2.59 bits per heavy atom. The third-order valence-electron chi connectivity index (χ3n) is 1.94. The van der Waals surface area contributed by atoms with E-state index < -0.39 is 15.6 Å². The van der Waals surface area contributed by atoms with Crippen molar-refractivity contribution >= 4 is 33.8 Å². The van der Waals surface area contributed by atoms with E-state index in [9.17, 15) is 8.42 Å². The number of sulfonamides is 1. The Morgan fingerprint density at radius 2 is 2.12 bits per heavy atom. The zero-order valence-corrected chi connectivity index (χ0v) is 12.4. The summed E-state index contributed by atoms with van der Waals surface area (Å²) in [4.78, 5) is 1.08. The maximum Gasteiger partial charge on any atom is 0.212 e. The maximum atomic E-state index is 11.6. The molecule has 4 nitrogen and oxygen atoms in total. The minimum atomic E-state index is -3.21. The van der Waals surface area contributed by atoms with E-state index in [0.29, 0.717) is 6.42 Å². The molecule has 0 amide bonds. The summed E-state index contributed by atoms with van der Waals surface area (Å²) >= 11 is 1.57. The second kappa shape index (κ2) is 6.70. The van der Waals surface area contributed by atoms with Crippen molar-refractivity contribution in [2.24, 2.45) is 5.73 Å². The molecule has 0 fully saturated rings. The standard InChI is InChI=1S/C10H18N2O2S2.ClH/c1-10(2,11)8-12-16(13,14)7-5-9-4-3-6-15-9;/h3-4,6,12H,5,7-8,11H2,1-2H3;1H. The molecule has 0 aliphatic carbocycles. The predicted molar refractivity (Wildman–Crippen MR) is 75.3 cm³/mol. The van der Waals surface area contributed by atoms with Gasteiger partial charge in [-0.1, -0.05) is 6.07 Å². The van der Waals surface area contributed by atoms with Crippen LogP contribution in [0, 0.1) is 0 Å². The highest BCUT2D eigenvalue weighted by Crippen LogP contribution is 2.09. The Balaban J connectivity index is 0.00000256. The van der Waals surface area contributed by atoms with Crippen LogP contribution in [0.3, 0.4) is 0 Å². The summed E-state index contributed by atoms with van der Waals surface area (Å²) in [5.74, 6) is 0.115. The SMILES string of the molecule is CC(C)(N)CNS(=O)(=O)CCc1cccs1.Cl. The molecule has 0 aliphatic heterocycles. The average molecular weight is 299 g/mol. The lowest BCUT2D eigenvalue weighted by molar-refractivity contribution is 0.498. The molecule has 3 N–H and O–H groups in total. The predicted octanol–water partition coefficient (Wildman–Crippen LogP) is 1.37. The van der Waals surface area contributed by atoms with Crippen molar-refractivity contribution in [1.82, 2.24) is 4.72 Å². The van der Waals surface area contributed by atoms with E-state index in [2.05, 4.69) is 4.72 Å². The van der Waals surface area contributed by atoms with Crippen molar-refractivity contribution < 1.29 is 8.42 Å². The summed E-state index contributed by atoms with van der Waals surface area (Å²) in [6.07, 6.45) is 0.554. The lowest BCUT2D eigenvalue weighted by atomic mass is 10.1. The fourth-order valence-electron chi connectivity index (χ4n) is 1.06. The minimum Gasteiger partial charge on any atom is -0.324 e. The van der Waals surface area contributed by atoms with Crippen molar-refractivity contribution in [3.8, 4) is 0 Å². The van der Waals surface area contributed by atoms with Gasteiger partial charge in [-0.3, -0.25) is 0 Å². The molecule has 0 aliphatic rings. The van der Waals surface area contributed by atoms with Gasteiger partial charge in [0, 0.05) is 17.0 Å². The molecule has 1 heterocycles. The van der Waals surface area contributed by atoms with Gasteiger partial charge in [-0.2, -0.15) is 0 Å². The van der Waals surface area contributed by atoms with Crippen LogP contribution in [0.2, 0.25) is 0 Å². The number of nitrogens with one attached hydrogen (secondary N) is 1. The van der Waals surface area contributed by atoms with Crippen LogP contribution >= 0.6 is 23.7 Å². The largest absolute Gasteiger partial charge is 0.324 e. The molecule has 0 atom stereocenters. The molecule has 0 spiro atoms. The van der Waals surface area contributed by atoms with Crippen LogP contribution in [0.1, 0.15) is 18.7 Å². The third-order valence-corrected chi connectivity index (χ3v) is 4.21. The first-order valence-corrected chi connectivity index (χ1v) is 7.60. The van der Waals surface area contributed by atoms with Gasteiger partial charge in [0.2, 0.25) is 10.0 Å². The molecule has 7 heteroatoms. The first-order chi connectivity index (χ1) is 7.29. The van der Waals surface area contributed by atoms with Crippen LogP contribution < -0.4 is 10.5 Å². The topological polar surface area (TPSA) is 72.2 Å². The molecule has 17 heavy (non-hydrogen) atoms. The number of rotatable bonds is 6. The average Bonchev–Trinajstić information content (AvgIpc) is 2.64. The number of thiophene rings is 1. The molecule has 0 radical (unpaired) electrons. The summed E-state index contributed by atoms with van der Waals surface area (Å²) < 4.78 is 25.7. The summed E-state index contributed by atoms with van der Waals surface area (Å²) in [7, 11) is -3.21. The van der Waals surface area contributed by atoms with E-state index >= 15 is 0 Å². The Hall–Kier alpha value is -0.140. The van der Waals surface area contributed by atoms with Gasteiger partial charge in [-0.05, 0) is 31.7 Å². The highest BCUT2D eigenvalue weighted by molar-refractivity contribution is 7.89. The zero-order chi connectivity index (χ0) is 12.2. The van der Waals surface area contributed by atoms with Crippen molar-refractivity contribution in [2.75, 3.05) is 12.3 Å². The van der Waals surface area contributed by atoms with E-state index in [1.54, 1.807) is 25.2 Å². The molecule has 0 saturated carbocycles. The molecule has 0 saturated heterocycles. The van der Waals surface area contributed by atoms with Crippen LogP contribution in [0.15, 0.2) is 17.5 Å². The molecular weight excluding hydrogens is 280 g/mol. The van der Waals surface area contributed by atoms with E-state index in [0.717, 1.165) is 4.88 Å². The zero-order valence-electron chi connectivity index (χ0n) is 9.97. The minimum absolute atomic E-state index is 0. The molecule has 0 aromatic carbocycles. The highest BCUT2D eigenvalue weighted by atomic mass is 35.5. The first-order valence-electron chi connectivity index (χ1n) is 5.07. The van der Waals surface area contributed by atoms with Gasteiger partial charge in [0.05, 0.1) is 5.75 Å². The van der Waals surface area contributed by atoms with Crippen LogP contribution in [0.5, 0.6) is 0 Å². The van der Waals surface area contributed by atoms with Crippen molar-refractivity contribution in [2.45, 2.75) is 25.8 Å². The Bertz CT molecular complexity index is 410. The lowest BCUT2D eigenvalue weighted by Gasteiger charge is -2.18. The monoisotopic (exact) mass is 298 g/mol. The second-order valence-corrected chi connectivity index (χ2v) is 7.42. The first kappa shape index (κ1) is 16.9. The highest BCUT2D eigenvalue weighted by Gasteiger charge is 2.16. The molecule has 1 aromatic rings. The van der Waals surface area contributed by atoms with E-state index in [1.165, 1.54) is 0 Å². The summed E-state index contributed by atoms with van der Waals surface area (Å²) in [6, 6.07) is 3.86. The van der Waals surface area contributed by atoms with Crippen LogP contribution in [0.25, 0.3) is 0 Å². The Morgan fingerprint density at radius 1 is 1.47 bits per heavy atom. The summed E-state index contributed by atoms with van der Waals surface area (Å²) in [6.45, 7) is 3.84. The van der Waals surface area contributed by atoms with Crippen LogP contribution in [-0.2, 0) is 16.4 Å². The van der Waals surface area contributed by atoms with Gasteiger partial charge in [0.1, 0.15) is 0 Å². The van der Waals surface area contributed by atoms with Crippen molar-refractivity contribution in [1.29, 1.82) is 0 Å². The van der Waals surface area contributed by atoms with Crippen LogP contribution in [0.4, 0.5) is 0 Å². The van der Waals surface area contributed by atoms with Gasteiger partial charge in [-0.15, -0.1) is 23.7 Å². The molecule has 0 bridgehead atoms. The quantitative estimate of drug-likeness (QED) is 0.833. The normalized spacial score (nSPS) is 12.2. The van der Waals surface area contributed by atoms with Crippen molar-refractivity contribution in [3.63, 3.8) is 0 Å². The number of halogens is 1. The number of aryl methyl sites for hydroxylation is 1. The molecular formula is C10H19ClN2O2S2. The van der Waals surface area contributed by atoms with Gasteiger partial charge in [0.15, 0.2) is 0 Å². The van der Waals surface area contributed by atoms with E-state index in [1.807, 2.05) is 17.5 Å². The Kier molecular flexibility index (Phi) is 6.65. The molecule has 100 valence electrons. The lowest BCUT2D eigenvalue weighted by Crippen LogP contribution is -2.45. The van der Waals surface area contributed by atoms with Gasteiger partial charge < -0.3 is 5.73 Å². The molecule has 1 rings (SSSR count). The summed E-state index contributed by atoms with van der Waals surface area (Å²) in [5, 5.41) is 1.94.